The molecule has 0 atom stereocenters. The van der Waals surface area contributed by atoms with Crippen molar-refractivity contribution in [3.05, 3.63) is 15.3 Å². The van der Waals surface area contributed by atoms with E-state index in [-0.39, 0.29) is 0 Å². The van der Waals surface area contributed by atoms with Crippen LogP contribution >= 0.6 is 11.3 Å². The van der Waals surface area contributed by atoms with Crippen molar-refractivity contribution in [2.75, 3.05) is 27.2 Å². The topological polar surface area (TPSA) is 64.2 Å². The smallest absolute Gasteiger partial charge is 0.143 e. The average Bonchev–Trinajstić information content (AvgIpc) is 3.07. The third-order valence-electron chi connectivity index (χ3n) is 4.58. The van der Waals surface area contributed by atoms with Gasteiger partial charge in [0, 0.05) is 37.6 Å². The molecular weight excluding hydrogens is 294 g/mol. The maximum absolute atomic E-state index is 7.66. The third kappa shape index (κ3) is 2.72. The fourth-order valence-electron chi connectivity index (χ4n) is 3.39. The van der Waals surface area contributed by atoms with Crippen molar-refractivity contribution in [2.24, 2.45) is 15.1 Å². The Hall–Kier alpha value is -1.56. The molecule has 3 rings (SSSR count). The normalized spacial score (nSPS) is 21.1. The summed E-state index contributed by atoms with van der Waals surface area (Å²) in [5.41, 5.74) is 11.1. The van der Waals surface area contributed by atoms with E-state index in [0.717, 1.165) is 48.8 Å². The lowest BCUT2D eigenvalue weighted by Gasteiger charge is -2.18. The first kappa shape index (κ1) is 15.3. The van der Waals surface area contributed by atoms with E-state index >= 15 is 0 Å². The molecule has 1 saturated heterocycles. The highest BCUT2D eigenvalue weighted by molar-refractivity contribution is 7.15. The number of nitrogens with one attached hydrogen (secondary N) is 1. The largest absolute Gasteiger partial charge is 0.350 e. The number of hydrogen-bond acceptors (Lipinski definition) is 5. The van der Waals surface area contributed by atoms with Crippen molar-refractivity contribution in [3.63, 3.8) is 0 Å². The van der Waals surface area contributed by atoms with E-state index in [9.17, 15) is 0 Å². The van der Waals surface area contributed by atoms with Crippen LogP contribution in [0.1, 0.15) is 41.0 Å². The quantitative estimate of drug-likeness (QED) is 0.383. The van der Waals surface area contributed by atoms with Crippen LogP contribution in [0, 0.1) is 5.53 Å². The number of nitrogens with zero attached hydrogens (tertiary/aromatic N) is 4. The molecule has 1 aliphatic heterocycles. The molecule has 22 heavy (non-hydrogen) atoms. The van der Waals surface area contributed by atoms with E-state index in [1.54, 1.807) is 11.3 Å². The number of aliphatic imine (C=N–C) groups is 2. The van der Waals surface area contributed by atoms with Crippen LogP contribution < -0.4 is 0 Å². The van der Waals surface area contributed by atoms with Crippen LogP contribution in [0.3, 0.4) is 0 Å². The summed E-state index contributed by atoms with van der Waals surface area (Å²) in [6.45, 7) is 1.81. The summed E-state index contributed by atoms with van der Waals surface area (Å²) in [6, 6.07) is 0. The van der Waals surface area contributed by atoms with Gasteiger partial charge in [-0.1, -0.05) is 6.42 Å². The second-order valence-electron chi connectivity index (χ2n) is 5.86. The van der Waals surface area contributed by atoms with Crippen LogP contribution in [-0.2, 0) is 12.8 Å². The molecule has 0 radical (unpaired) electrons. The lowest BCUT2D eigenvalue weighted by Crippen LogP contribution is -2.29. The number of hydrogen-bond donors (Lipinski definition) is 1. The molecule has 0 aromatic carbocycles. The Morgan fingerprint density at radius 3 is 2.64 bits per heavy atom. The fourth-order valence-corrected chi connectivity index (χ4v) is 4.78. The summed E-state index contributed by atoms with van der Waals surface area (Å²) in [4.78, 5) is 13.7. The lowest BCUT2D eigenvalue weighted by molar-refractivity contribution is 0.532. The maximum atomic E-state index is 7.66. The van der Waals surface area contributed by atoms with Crippen molar-refractivity contribution in [3.8, 4) is 0 Å². The van der Waals surface area contributed by atoms with E-state index in [4.69, 9.17) is 5.53 Å². The molecule has 6 heteroatoms. The Bertz CT molecular complexity index is 629. The minimum absolute atomic E-state index is 0.850. The van der Waals surface area contributed by atoms with Gasteiger partial charge in [0.25, 0.3) is 0 Å². The summed E-state index contributed by atoms with van der Waals surface area (Å²) >= 11 is 1.80. The fraction of sp³-hybridized carbons (Fsp3) is 0.625. The number of amidine groups is 1. The van der Waals surface area contributed by atoms with Crippen molar-refractivity contribution < 1.29 is 0 Å². The Morgan fingerprint density at radius 1 is 1.14 bits per heavy atom. The first-order valence-corrected chi connectivity index (χ1v) is 8.78. The number of likely N-dealkylation sites (tertiary alicyclic amines) is 1. The van der Waals surface area contributed by atoms with Gasteiger partial charge in [0.2, 0.25) is 0 Å². The van der Waals surface area contributed by atoms with E-state index in [0.29, 0.717) is 0 Å². The average molecular weight is 317 g/mol. The highest BCUT2D eigenvalue weighted by Gasteiger charge is 2.28. The zero-order chi connectivity index (χ0) is 15.5. The Kier molecular flexibility index (Phi) is 4.66. The zero-order valence-corrected chi connectivity index (χ0v) is 14.2. The van der Waals surface area contributed by atoms with Gasteiger partial charge in [-0.25, -0.2) is 5.53 Å². The Balaban J connectivity index is 1.98. The standard InChI is InChI=1S/C16H23N5S/c1-18-11-8-9-21(10-11)16(19-2)15-14(20-17)12-6-4-3-5-7-13(12)22-15/h17H,3-10H2,1-2H3. The van der Waals surface area contributed by atoms with Gasteiger partial charge in [-0.3, -0.25) is 9.98 Å². The summed E-state index contributed by atoms with van der Waals surface area (Å²) < 4.78 is 0. The van der Waals surface area contributed by atoms with Crippen LogP contribution in [-0.4, -0.2) is 43.6 Å². The van der Waals surface area contributed by atoms with Crippen molar-refractivity contribution in [2.45, 2.75) is 38.5 Å². The van der Waals surface area contributed by atoms with E-state index < -0.39 is 0 Å². The van der Waals surface area contributed by atoms with Crippen LogP contribution in [0.15, 0.2) is 15.1 Å². The van der Waals surface area contributed by atoms with Crippen LogP contribution in [0.25, 0.3) is 0 Å². The molecule has 2 heterocycles. The third-order valence-corrected chi connectivity index (χ3v) is 5.86. The van der Waals surface area contributed by atoms with Crippen LogP contribution in [0.2, 0.25) is 0 Å². The van der Waals surface area contributed by atoms with Crippen molar-refractivity contribution in [1.82, 2.24) is 4.90 Å². The molecule has 0 saturated carbocycles. The van der Waals surface area contributed by atoms with Gasteiger partial charge in [0.05, 0.1) is 11.4 Å². The number of aryl methyl sites for hydroxylation is 1. The number of rotatable bonds is 2. The van der Waals surface area contributed by atoms with Gasteiger partial charge >= 0.3 is 0 Å². The first-order valence-electron chi connectivity index (χ1n) is 7.97. The second-order valence-corrected chi connectivity index (χ2v) is 6.97. The minimum Gasteiger partial charge on any atom is -0.350 e. The first-order chi connectivity index (χ1) is 10.8. The molecule has 0 unspecified atom stereocenters. The summed E-state index contributed by atoms with van der Waals surface area (Å²) in [6.07, 6.45) is 6.93. The molecule has 1 aliphatic carbocycles. The van der Waals surface area contributed by atoms with E-state index in [1.165, 1.54) is 35.4 Å². The van der Waals surface area contributed by atoms with Gasteiger partial charge in [-0.15, -0.1) is 11.3 Å². The van der Waals surface area contributed by atoms with Gasteiger partial charge in [0.15, 0.2) is 0 Å². The summed E-state index contributed by atoms with van der Waals surface area (Å²) in [5, 5.41) is 3.89. The van der Waals surface area contributed by atoms with Gasteiger partial charge < -0.3 is 4.90 Å². The van der Waals surface area contributed by atoms with Crippen LogP contribution in [0.4, 0.5) is 5.69 Å². The molecule has 5 nitrogen and oxygen atoms in total. The number of fused-ring (bicyclic) bond motifs is 1. The Morgan fingerprint density at radius 2 is 1.95 bits per heavy atom. The van der Waals surface area contributed by atoms with Crippen molar-refractivity contribution >= 4 is 28.6 Å². The molecule has 1 fully saturated rings. The lowest BCUT2D eigenvalue weighted by atomic mass is 10.1. The maximum Gasteiger partial charge on any atom is 0.143 e. The van der Waals surface area contributed by atoms with Crippen LogP contribution in [0.5, 0.6) is 0 Å². The zero-order valence-electron chi connectivity index (χ0n) is 13.4. The highest BCUT2D eigenvalue weighted by Crippen LogP contribution is 2.40. The van der Waals surface area contributed by atoms with Gasteiger partial charge in [-0.05, 0) is 31.2 Å². The van der Waals surface area contributed by atoms with E-state index in [2.05, 4.69) is 20.0 Å². The SMILES string of the molecule is CN=C1CCN(C(=NC)c2sc3c(c2N=N)CCCCC3)C1. The molecule has 1 N–H and O–H groups in total. The summed E-state index contributed by atoms with van der Waals surface area (Å²) in [7, 11) is 3.70. The predicted molar refractivity (Wildman–Crippen MR) is 92.4 cm³/mol. The highest BCUT2D eigenvalue weighted by atomic mass is 32.1. The van der Waals surface area contributed by atoms with E-state index in [1.807, 2.05) is 14.1 Å². The molecule has 118 valence electrons. The summed E-state index contributed by atoms with van der Waals surface area (Å²) in [5.74, 6) is 0.989. The van der Waals surface area contributed by atoms with Gasteiger partial charge in [-0.2, -0.15) is 5.11 Å². The molecule has 0 spiro atoms. The Labute approximate surface area is 135 Å². The van der Waals surface area contributed by atoms with Crippen molar-refractivity contribution in [1.29, 1.82) is 5.53 Å². The molecule has 0 bridgehead atoms. The molecular formula is C16H23N5S. The predicted octanol–water partition coefficient (Wildman–Crippen LogP) is 3.83. The number of thiophene rings is 1. The molecule has 1 aromatic rings. The minimum atomic E-state index is 0.850. The molecule has 0 amide bonds. The van der Waals surface area contributed by atoms with Gasteiger partial charge in [0.1, 0.15) is 11.5 Å². The molecule has 2 aliphatic rings. The monoisotopic (exact) mass is 317 g/mol. The second kappa shape index (κ2) is 6.69. The molecule has 1 aromatic heterocycles.